The summed E-state index contributed by atoms with van der Waals surface area (Å²) in [5, 5.41) is 7.79. The Hall–Kier alpha value is -2.72. The van der Waals surface area contributed by atoms with E-state index in [1.165, 1.54) is 36.0 Å². The smallest absolute Gasteiger partial charge is 0.151 e. The van der Waals surface area contributed by atoms with Crippen molar-refractivity contribution in [1.29, 1.82) is 5.41 Å². The van der Waals surface area contributed by atoms with Gasteiger partial charge < -0.3 is 9.64 Å². The Labute approximate surface area is 181 Å². The number of hydrogen-bond donors (Lipinski definition) is 1. The van der Waals surface area contributed by atoms with Gasteiger partial charge in [0.25, 0.3) is 0 Å². The molecule has 160 valence electrons. The van der Waals surface area contributed by atoms with Crippen LogP contribution in [0.2, 0.25) is 0 Å². The van der Waals surface area contributed by atoms with E-state index < -0.39 is 0 Å². The van der Waals surface area contributed by atoms with Gasteiger partial charge in [0.2, 0.25) is 0 Å². The number of nitrogens with one attached hydrogen (secondary N) is 1. The molecule has 0 fully saturated rings. The lowest BCUT2D eigenvalue weighted by Gasteiger charge is -2.17. The molecule has 30 heavy (non-hydrogen) atoms. The maximum atomic E-state index is 7.79. The minimum Gasteiger partial charge on any atom is -0.494 e. The molecule has 0 aliphatic carbocycles. The first-order chi connectivity index (χ1) is 14.6. The van der Waals surface area contributed by atoms with Crippen LogP contribution >= 0.6 is 0 Å². The molecule has 0 bridgehead atoms. The average Bonchev–Trinajstić information content (AvgIpc) is 2.77. The summed E-state index contributed by atoms with van der Waals surface area (Å²) >= 11 is 0. The van der Waals surface area contributed by atoms with Gasteiger partial charge in [0.1, 0.15) is 5.75 Å². The maximum absolute atomic E-state index is 7.79. The molecule has 2 aromatic rings. The van der Waals surface area contributed by atoms with E-state index in [-0.39, 0.29) is 5.84 Å². The van der Waals surface area contributed by atoms with Crippen molar-refractivity contribution >= 4 is 18.6 Å². The minimum absolute atomic E-state index is 0.226. The van der Waals surface area contributed by atoms with Crippen LogP contribution < -0.4 is 4.74 Å². The molecule has 2 aromatic carbocycles. The van der Waals surface area contributed by atoms with Crippen LogP contribution in [0, 0.1) is 5.41 Å². The number of hydrogen-bond acceptors (Lipinski definition) is 3. The number of aryl methyl sites for hydroxylation is 1. The van der Waals surface area contributed by atoms with Crippen molar-refractivity contribution < 1.29 is 4.74 Å². The van der Waals surface area contributed by atoms with Crippen molar-refractivity contribution in [2.24, 2.45) is 4.99 Å². The van der Waals surface area contributed by atoms with E-state index in [4.69, 9.17) is 10.1 Å². The molecule has 0 heterocycles. The predicted octanol–water partition coefficient (Wildman–Crippen LogP) is 5.99. The molecule has 0 aromatic heterocycles. The zero-order valence-corrected chi connectivity index (χ0v) is 18.5. The van der Waals surface area contributed by atoms with E-state index in [9.17, 15) is 0 Å². The normalized spacial score (nSPS) is 10.8. The molecule has 0 unspecified atom stereocenters. The van der Waals surface area contributed by atoms with Gasteiger partial charge in [0, 0.05) is 12.1 Å². The Morgan fingerprint density at radius 3 is 2.67 bits per heavy atom. The van der Waals surface area contributed by atoms with Gasteiger partial charge in [0.15, 0.2) is 5.84 Å². The Morgan fingerprint density at radius 1 is 1.13 bits per heavy atom. The van der Waals surface area contributed by atoms with Gasteiger partial charge in [-0.25, -0.2) is 4.99 Å². The molecule has 0 spiro atoms. The van der Waals surface area contributed by atoms with E-state index in [0.717, 1.165) is 43.9 Å². The molecule has 0 amide bonds. The third-order valence-corrected chi connectivity index (χ3v) is 5.23. The van der Waals surface area contributed by atoms with Gasteiger partial charge in [0.05, 0.1) is 6.61 Å². The number of benzene rings is 2. The van der Waals surface area contributed by atoms with Crippen molar-refractivity contribution in [3.8, 4) is 5.75 Å². The first-order valence-electron chi connectivity index (χ1n) is 10.8. The quantitative estimate of drug-likeness (QED) is 0.253. The highest BCUT2D eigenvalue weighted by atomic mass is 16.5. The first-order valence-corrected chi connectivity index (χ1v) is 10.8. The molecular formula is C26H35N3O. The van der Waals surface area contributed by atoms with Crippen molar-refractivity contribution in [2.45, 2.75) is 45.6 Å². The standard InChI is InChI=1S/C26H35N3O/c1-5-22-14-15-25(19-23(22)6-2)30-17-10-8-7-9-16-29(4)20-21-12-11-13-24(18-21)26(27)28-3/h5,11-15,18-19,27H,1,3,6-10,16-17,20H2,2,4H3. The summed E-state index contributed by atoms with van der Waals surface area (Å²) in [6.45, 7) is 12.2. The summed E-state index contributed by atoms with van der Waals surface area (Å²) in [5.74, 6) is 1.18. The number of rotatable bonds is 13. The lowest BCUT2D eigenvalue weighted by atomic mass is 10.1. The lowest BCUT2D eigenvalue weighted by molar-refractivity contribution is 0.294. The Morgan fingerprint density at radius 2 is 1.93 bits per heavy atom. The fourth-order valence-electron chi connectivity index (χ4n) is 3.50. The Balaban J connectivity index is 1.62. The molecule has 0 aliphatic rings. The van der Waals surface area contributed by atoms with E-state index in [1.807, 2.05) is 30.3 Å². The van der Waals surface area contributed by atoms with Crippen LogP contribution in [0.3, 0.4) is 0 Å². The largest absolute Gasteiger partial charge is 0.494 e. The number of unbranched alkanes of at least 4 members (excludes halogenated alkanes) is 3. The van der Waals surface area contributed by atoms with E-state index in [0.29, 0.717) is 0 Å². The molecule has 4 heteroatoms. The summed E-state index contributed by atoms with van der Waals surface area (Å²) in [6.07, 6.45) is 7.52. The SMILES string of the molecule is C=Cc1ccc(OCCCCCCN(C)Cc2cccc(C(=N)N=C)c2)cc1CC. The molecule has 0 radical (unpaired) electrons. The molecule has 0 aliphatic heterocycles. The second-order valence-corrected chi connectivity index (χ2v) is 7.63. The van der Waals surface area contributed by atoms with Gasteiger partial charge in [-0.3, -0.25) is 5.41 Å². The van der Waals surface area contributed by atoms with Gasteiger partial charge in [-0.15, -0.1) is 0 Å². The fraction of sp³-hybridized carbons (Fsp3) is 0.385. The van der Waals surface area contributed by atoms with Crippen LogP contribution in [0.15, 0.2) is 54.0 Å². The predicted molar refractivity (Wildman–Crippen MR) is 129 cm³/mol. The van der Waals surface area contributed by atoms with Crippen molar-refractivity contribution in [1.82, 2.24) is 4.90 Å². The molecule has 2 rings (SSSR count). The monoisotopic (exact) mass is 405 g/mol. The van der Waals surface area contributed by atoms with E-state index in [2.05, 4.69) is 55.4 Å². The van der Waals surface area contributed by atoms with Crippen molar-refractivity contribution in [2.75, 3.05) is 20.2 Å². The number of ether oxygens (including phenoxy) is 1. The van der Waals surface area contributed by atoms with Gasteiger partial charge >= 0.3 is 0 Å². The van der Waals surface area contributed by atoms with Crippen molar-refractivity contribution in [3.63, 3.8) is 0 Å². The summed E-state index contributed by atoms with van der Waals surface area (Å²) in [5.41, 5.74) is 4.50. The van der Waals surface area contributed by atoms with Gasteiger partial charge in [-0.2, -0.15) is 0 Å². The van der Waals surface area contributed by atoms with E-state index in [1.54, 1.807) is 0 Å². The van der Waals surface area contributed by atoms with Crippen LogP contribution in [0.4, 0.5) is 0 Å². The Bertz CT molecular complexity index is 844. The molecule has 4 nitrogen and oxygen atoms in total. The van der Waals surface area contributed by atoms with Crippen LogP contribution in [0.1, 0.15) is 54.9 Å². The minimum atomic E-state index is 0.226. The third kappa shape index (κ3) is 7.60. The summed E-state index contributed by atoms with van der Waals surface area (Å²) in [4.78, 5) is 6.03. The highest BCUT2D eigenvalue weighted by molar-refractivity contribution is 5.99. The van der Waals surface area contributed by atoms with Crippen LogP contribution in [0.5, 0.6) is 5.75 Å². The van der Waals surface area contributed by atoms with E-state index >= 15 is 0 Å². The number of amidine groups is 1. The van der Waals surface area contributed by atoms with Crippen LogP contribution in [-0.4, -0.2) is 37.7 Å². The summed E-state index contributed by atoms with van der Waals surface area (Å²) in [7, 11) is 2.14. The van der Waals surface area contributed by atoms with Crippen molar-refractivity contribution in [3.05, 3.63) is 71.3 Å². The zero-order chi connectivity index (χ0) is 21.8. The topological polar surface area (TPSA) is 48.7 Å². The lowest BCUT2D eigenvalue weighted by Crippen LogP contribution is -2.19. The highest BCUT2D eigenvalue weighted by Gasteiger charge is 2.04. The second kappa shape index (κ2) is 12.8. The van der Waals surface area contributed by atoms with Gasteiger partial charge in [-0.1, -0.05) is 56.7 Å². The number of nitrogens with zero attached hydrogens (tertiary/aromatic N) is 2. The molecule has 0 atom stereocenters. The molecule has 0 saturated heterocycles. The van der Waals surface area contributed by atoms with Crippen LogP contribution in [0.25, 0.3) is 6.08 Å². The molecule has 0 saturated carbocycles. The fourth-order valence-corrected chi connectivity index (χ4v) is 3.50. The van der Waals surface area contributed by atoms with Gasteiger partial charge in [-0.05, 0) is 74.5 Å². The molecule has 1 N–H and O–H groups in total. The molecular weight excluding hydrogens is 370 g/mol. The zero-order valence-electron chi connectivity index (χ0n) is 18.5. The summed E-state index contributed by atoms with van der Waals surface area (Å²) in [6, 6.07) is 14.3. The third-order valence-electron chi connectivity index (χ3n) is 5.23. The average molecular weight is 406 g/mol. The summed E-state index contributed by atoms with van der Waals surface area (Å²) < 4.78 is 5.92. The van der Waals surface area contributed by atoms with Crippen LogP contribution in [-0.2, 0) is 13.0 Å². The first kappa shape index (κ1) is 23.6. The maximum Gasteiger partial charge on any atom is 0.151 e. The second-order valence-electron chi connectivity index (χ2n) is 7.63. The number of aliphatic imine (C=N–C) groups is 1. The Kier molecular flexibility index (Phi) is 10.0. The highest BCUT2D eigenvalue weighted by Crippen LogP contribution is 2.20.